The van der Waals surface area contributed by atoms with Crippen molar-refractivity contribution in [2.75, 3.05) is 31.2 Å². The number of anilines is 1. The lowest BCUT2D eigenvalue weighted by atomic mass is 10.3. The minimum atomic E-state index is -5.12. The van der Waals surface area contributed by atoms with E-state index < -0.39 is 18.1 Å². The van der Waals surface area contributed by atoms with Crippen LogP contribution in [-0.2, 0) is 14.4 Å². The predicted octanol–water partition coefficient (Wildman–Crippen LogP) is 0.474. The zero-order chi connectivity index (χ0) is 16.9. The number of hydrogen-bond donors (Lipinski definition) is 2. The van der Waals surface area contributed by atoms with E-state index in [-0.39, 0.29) is 5.82 Å². The van der Waals surface area contributed by atoms with Gasteiger partial charge >= 0.3 is 12.1 Å². The van der Waals surface area contributed by atoms with Gasteiger partial charge in [0.1, 0.15) is 0 Å². The van der Waals surface area contributed by atoms with Crippen LogP contribution in [0, 0.1) is 0 Å². The lowest BCUT2D eigenvalue weighted by Gasteiger charge is -2.28. The fourth-order valence-corrected chi connectivity index (χ4v) is 1.76. The molecule has 1 aliphatic heterocycles. The molecule has 126 valence electrons. The maximum absolute atomic E-state index is 11.9. The zero-order valence-electron chi connectivity index (χ0n) is 11.8. The van der Waals surface area contributed by atoms with Crippen LogP contribution in [0.1, 0.15) is 0 Å². The topological polar surface area (TPSA) is 102 Å². The summed E-state index contributed by atoms with van der Waals surface area (Å²) in [6, 6.07) is 3.27. The first-order valence-electron chi connectivity index (χ1n) is 6.53. The summed E-state index contributed by atoms with van der Waals surface area (Å²) in [5.41, 5.74) is 7.78. The van der Waals surface area contributed by atoms with Gasteiger partial charge in [0.2, 0.25) is 5.96 Å². The van der Waals surface area contributed by atoms with Gasteiger partial charge in [-0.2, -0.15) is 23.6 Å². The van der Waals surface area contributed by atoms with Crippen molar-refractivity contribution in [2.24, 2.45) is 10.7 Å². The Hall–Kier alpha value is -2.56. The van der Waals surface area contributed by atoms with E-state index in [2.05, 4.69) is 19.7 Å². The maximum Gasteiger partial charge on any atom is 0.493 e. The minimum Gasteiger partial charge on any atom is -0.378 e. The van der Waals surface area contributed by atoms with Gasteiger partial charge in [-0.1, -0.05) is 0 Å². The molecule has 23 heavy (non-hydrogen) atoms. The standard InChI is InChI=1S/C12H14F3N5O3/c13-12(14,15)10(21)23-19-11(16)18-9-2-1-8(7-17-9)20-3-5-22-6-4-20/h1-2,7H,3-6H2,(H3,16,17,18,19). The Balaban J connectivity index is 1.92. The second-order valence-corrected chi connectivity index (χ2v) is 4.46. The van der Waals surface area contributed by atoms with Crippen molar-refractivity contribution in [2.45, 2.75) is 6.18 Å². The number of nitrogens with zero attached hydrogens (tertiary/aromatic N) is 3. The zero-order valence-corrected chi connectivity index (χ0v) is 11.8. The van der Waals surface area contributed by atoms with Gasteiger partial charge < -0.3 is 20.2 Å². The molecular weight excluding hydrogens is 319 g/mol. The highest BCUT2D eigenvalue weighted by Gasteiger charge is 2.41. The summed E-state index contributed by atoms with van der Waals surface area (Å²) in [6.07, 6.45) is -3.56. The molecule has 0 atom stereocenters. The van der Waals surface area contributed by atoms with Crippen molar-refractivity contribution in [3.05, 3.63) is 18.3 Å². The van der Waals surface area contributed by atoms with E-state index in [1.54, 1.807) is 17.7 Å². The predicted molar refractivity (Wildman–Crippen MR) is 73.8 cm³/mol. The number of carbonyl (C=O) groups is 1. The molecular formula is C12H14F3N5O3. The van der Waals surface area contributed by atoms with Crippen molar-refractivity contribution in [3.63, 3.8) is 0 Å². The lowest BCUT2D eigenvalue weighted by molar-refractivity contribution is -0.203. The average Bonchev–Trinajstić information content (AvgIpc) is 2.53. The second-order valence-electron chi connectivity index (χ2n) is 4.46. The molecule has 1 aromatic rings. The number of pyridine rings is 1. The van der Waals surface area contributed by atoms with Gasteiger partial charge in [-0.05, 0) is 12.1 Å². The number of ether oxygens (including phenoxy) is 1. The Kier molecular flexibility index (Phi) is 5.21. The number of hydrogen-bond acceptors (Lipinski definition) is 6. The van der Waals surface area contributed by atoms with Crippen molar-refractivity contribution >= 4 is 23.4 Å². The molecule has 11 heteroatoms. The van der Waals surface area contributed by atoms with Crippen LogP contribution in [0.5, 0.6) is 0 Å². The molecule has 3 N–H and O–H groups in total. The quantitative estimate of drug-likeness (QED) is 0.461. The number of aromatic nitrogens is 1. The Morgan fingerprint density at radius 2 is 2.09 bits per heavy atom. The van der Waals surface area contributed by atoms with E-state index >= 15 is 0 Å². The van der Waals surface area contributed by atoms with Gasteiger partial charge in [0, 0.05) is 13.1 Å². The summed E-state index contributed by atoms with van der Waals surface area (Å²) in [7, 11) is 0. The number of nitrogens with two attached hydrogens (primary N) is 1. The molecule has 1 aromatic heterocycles. The minimum absolute atomic E-state index is 0.148. The highest BCUT2D eigenvalue weighted by molar-refractivity contribution is 5.82. The third kappa shape index (κ3) is 4.98. The second kappa shape index (κ2) is 7.13. The van der Waals surface area contributed by atoms with Gasteiger partial charge in [-0.3, -0.25) is 0 Å². The van der Waals surface area contributed by atoms with Gasteiger partial charge in [-0.25, -0.2) is 9.78 Å². The van der Waals surface area contributed by atoms with Crippen LogP contribution in [-0.4, -0.2) is 49.4 Å². The molecule has 1 fully saturated rings. The molecule has 0 radical (unpaired) electrons. The molecule has 1 aliphatic rings. The van der Waals surface area contributed by atoms with Crippen molar-refractivity contribution < 1.29 is 27.5 Å². The van der Waals surface area contributed by atoms with E-state index in [0.717, 1.165) is 18.8 Å². The van der Waals surface area contributed by atoms with Crippen molar-refractivity contribution in [1.29, 1.82) is 0 Å². The van der Waals surface area contributed by atoms with Gasteiger partial charge in [0.05, 0.1) is 25.1 Å². The Labute approximate surface area is 129 Å². The molecule has 8 nitrogen and oxygen atoms in total. The molecule has 0 spiro atoms. The Morgan fingerprint density at radius 1 is 1.39 bits per heavy atom. The molecule has 2 heterocycles. The molecule has 0 saturated carbocycles. The first kappa shape index (κ1) is 16.8. The van der Waals surface area contributed by atoms with Crippen molar-refractivity contribution in [1.82, 2.24) is 10.5 Å². The number of alkyl halides is 3. The molecule has 0 unspecified atom stereocenters. The molecule has 0 amide bonds. The van der Waals surface area contributed by atoms with Gasteiger partial charge in [0.15, 0.2) is 5.82 Å². The Morgan fingerprint density at radius 3 is 2.65 bits per heavy atom. The molecule has 2 rings (SSSR count). The molecule has 0 bridgehead atoms. The number of halogens is 3. The summed E-state index contributed by atoms with van der Waals surface area (Å²) in [5.74, 6) is -2.81. The molecule has 0 aromatic carbocycles. The first-order chi connectivity index (χ1) is 10.9. The highest BCUT2D eigenvalue weighted by Crippen LogP contribution is 2.18. The van der Waals surface area contributed by atoms with E-state index in [4.69, 9.17) is 10.5 Å². The van der Waals surface area contributed by atoms with Crippen LogP contribution in [0.2, 0.25) is 0 Å². The van der Waals surface area contributed by atoms with Crippen LogP contribution in [0.4, 0.5) is 24.7 Å². The normalized spacial score (nSPS) is 16.1. The average molecular weight is 333 g/mol. The molecule has 1 saturated heterocycles. The summed E-state index contributed by atoms with van der Waals surface area (Å²) in [6.45, 7) is 2.73. The number of carbonyl (C=O) groups excluding carboxylic acids is 1. The third-order valence-electron chi connectivity index (χ3n) is 2.82. The maximum atomic E-state index is 11.9. The SMILES string of the molecule is NC(=Nc1ccc(N2CCOCC2)cn1)NOC(=O)C(F)(F)F. The van der Waals surface area contributed by atoms with Crippen LogP contribution < -0.4 is 16.1 Å². The highest BCUT2D eigenvalue weighted by atomic mass is 19.4. The number of nitrogens with one attached hydrogen (secondary N) is 1. The number of guanidine groups is 1. The first-order valence-corrected chi connectivity index (χ1v) is 6.53. The monoisotopic (exact) mass is 333 g/mol. The smallest absolute Gasteiger partial charge is 0.378 e. The number of hydroxylamine groups is 1. The third-order valence-corrected chi connectivity index (χ3v) is 2.82. The number of morpholine rings is 1. The van der Waals surface area contributed by atoms with Crippen LogP contribution in [0.25, 0.3) is 0 Å². The van der Waals surface area contributed by atoms with Gasteiger partial charge in [0.25, 0.3) is 0 Å². The fraction of sp³-hybridized carbons (Fsp3) is 0.417. The largest absolute Gasteiger partial charge is 0.493 e. The summed E-state index contributed by atoms with van der Waals surface area (Å²) in [5, 5.41) is 0. The van der Waals surface area contributed by atoms with Crippen LogP contribution >= 0.6 is 0 Å². The fourth-order valence-electron chi connectivity index (χ4n) is 1.76. The van der Waals surface area contributed by atoms with E-state index in [1.807, 2.05) is 0 Å². The van der Waals surface area contributed by atoms with Crippen molar-refractivity contribution in [3.8, 4) is 0 Å². The van der Waals surface area contributed by atoms with E-state index in [9.17, 15) is 18.0 Å². The summed E-state index contributed by atoms with van der Waals surface area (Å²) >= 11 is 0. The summed E-state index contributed by atoms with van der Waals surface area (Å²) < 4.78 is 41.0. The number of rotatable bonds is 2. The Bertz CT molecular complexity index is 570. The van der Waals surface area contributed by atoms with E-state index in [1.165, 1.54) is 6.07 Å². The van der Waals surface area contributed by atoms with Crippen LogP contribution in [0.3, 0.4) is 0 Å². The summed E-state index contributed by atoms with van der Waals surface area (Å²) in [4.78, 5) is 24.0. The number of aliphatic imine (C=N–C) groups is 1. The molecule has 0 aliphatic carbocycles. The van der Waals surface area contributed by atoms with E-state index in [0.29, 0.717) is 13.2 Å². The van der Waals surface area contributed by atoms with Crippen LogP contribution in [0.15, 0.2) is 23.3 Å². The lowest BCUT2D eigenvalue weighted by Crippen LogP contribution is -2.38. The van der Waals surface area contributed by atoms with Gasteiger partial charge in [-0.15, -0.1) is 0 Å².